The summed E-state index contributed by atoms with van der Waals surface area (Å²) >= 11 is 0. The number of hydrogen-bond donors (Lipinski definition) is 0. The van der Waals surface area contributed by atoms with Crippen LogP contribution < -0.4 is 15.1 Å². The van der Waals surface area contributed by atoms with Crippen LogP contribution in [0.5, 0.6) is 5.88 Å². The van der Waals surface area contributed by atoms with E-state index in [9.17, 15) is 0 Å². The van der Waals surface area contributed by atoms with E-state index in [2.05, 4.69) is 26.8 Å². The first-order valence-electron chi connectivity index (χ1n) is 9.02. The van der Waals surface area contributed by atoms with Crippen LogP contribution in [0.2, 0.25) is 0 Å². The van der Waals surface area contributed by atoms with Gasteiger partial charge in [0.2, 0.25) is 11.8 Å². The second-order valence-electron chi connectivity index (χ2n) is 7.74. The Morgan fingerprint density at radius 3 is 2.28 bits per heavy atom. The van der Waals surface area contributed by atoms with Gasteiger partial charge in [0.25, 0.3) is 0 Å². The zero-order chi connectivity index (χ0) is 18.2. The van der Waals surface area contributed by atoms with Crippen molar-refractivity contribution < 1.29 is 14.0 Å². The second kappa shape index (κ2) is 6.74. The molecule has 2 saturated heterocycles. The van der Waals surface area contributed by atoms with Crippen molar-refractivity contribution in [2.75, 3.05) is 44.7 Å². The predicted octanol–water partition coefficient (Wildman–Crippen LogP) is 0.926. The van der Waals surface area contributed by atoms with Crippen LogP contribution in [0.4, 0.5) is 5.95 Å². The van der Waals surface area contributed by atoms with Crippen LogP contribution in [0.1, 0.15) is 34.6 Å². The molecule has 0 spiro atoms. The van der Waals surface area contributed by atoms with E-state index in [0.29, 0.717) is 18.4 Å². The molecule has 2 fully saturated rings. The third-order valence-electron chi connectivity index (χ3n) is 5.34. The zero-order valence-corrected chi connectivity index (χ0v) is 16.2. The first-order chi connectivity index (χ1) is 11.7. The number of ether oxygens (including phenoxy) is 1. The summed E-state index contributed by atoms with van der Waals surface area (Å²) in [5, 5.41) is 0. The molecule has 0 atom stereocenters. The Morgan fingerprint density at radius 2 is 1.72 bits per heavy atom. The molecule has 0 aromatic carbocycles. The number of anilines is 1. The summed E-state index contributed by atoms with van der Waals surface area (Å²) in [6.07, 6.45) is 1.79. The van der Waals surface area contributed by atoms with Crippen LogP contribution in [-0.4, -0.2) is 73.0 Å². The molecule has 0 amide bonds. The largest absolute Gasteiger partial charge is 0.502 e. The first-order valence-corrected chi connectivity index (χ1v) is 9.02. The van der Waals surface area contributed by atoms with Crippen molar-refractivity contribution in [1.82, 2.24) is 14.9 Å². The van der Waals surface area contributed by atoms with Crippen molar-refractivity contribution in [2.45, 2.75) is 45.8 Å². The average Bonchev–Trinajstić information content (AvgIpc) is 2.76. The number of nitrogens with zero attached hydrogens (tertiary/aromatic N) is 4. The molecular formula is C17H29BN4O3. The third-order valence-corrected chi connectivity index (χ3v) is 5.34. The minimum Gasteiger partial charge on any atom is -0.478 e. The van der Waals surface area contributed by atoms with Gasteiger partial charge in [-0.15, -0.1) is 0 Å². The molecule has 138 valence electrons. The van der Waals surface area contributed by atoms with E-state index < -0.39 is 18.3 Å². The van der Waals surface area contributed by atoms with Crippen LogP contribution in [0.25, 0.3) is 0 Å². The van der Waals surface area contributed by atoms with Gasteiger partial charge in [0.15, 0.2) is 0 Å². The van der Waals surface area contributed by atoms with Crippen molar-refractivity contribution in [2.24, 2.45) is 0 Å². The smallest absolute Gasteiger partial charge is 0.478 e. The Labute approximate surface area is 150 Å². The van der Waals surface area contributed by atoms with Gasteiger partial charge >= 0.3 is 7.12 Å². The van der Waals surface area contributed by atoms with Gasteiger partial charge in [-0.1, -0.05) is 0 Å². The highest BCUT2D eigenvalue weighted by Crippen LogP contribution is 2.37. The summed E-state index contributed by atoms with van der Waals surface area (Å²) in [5.41, 5.74) is -0.0625. The van der Waals surface area contributed by atoms with Crippen LogP contribution in [0.15, 0.2) is 6.20 Å². The molecule has 25 heavy (non-hydrogen) atoms. The minimum absolute atomic E-state index is 0.405. The van der Waals surface area contributed by atoms with E-state index in [-0.39, 0.29) is 0 Å². The lowest BCUT2D eigenvalue weighted by molar-refractivity contribution is 0.00578. The second-order valence-corrected chi connectivity index (χ2v) is 7.74. The Morgan fingerprint density at radius 1 is 1.12 bits per heavy atom. The van der Waals surface area contributed by atoms with Gasteiger partial charge < -0.3 is 23.8 Å². The quantitative estimate of drug-likeness (QED) is 0.750. The zero-order valence-electron chi connectivity index (χ0n) is 16.2. The molecule has 2 aliphatic rings. The van der Waals surface area contributed by atoms with Gasteiger partial charge in [-0.3, -0.25) is 0 Å². The number of aromatic nitrogens is 2. The molecule has 8 heteroatoms. The molecule has 3 rings (SSSR count). The summed E-state index contributed by atoms with van der Waals surface area (Å²) in [6.45, 7) is 14.5. The molecule has 0 aliphatic carbocycles. The van der Waals surface area contributed by atoms with E-state index in [4.69, 9.17) is 14.0 Å². The lowest BCUT2D eigenvalue weighted by atomic mass is 9.80. The van der Waals surface area contributed by atoms with Crippen molar-refractivity contribution in [3.8, 4) is 5.88 Å². The molecule has 0 saturated carbocycles. The maximum absolute atomic E-state index is 6.13. The maximum Gasteiger partial charge on any atom is 0.502 e. The van der Waals surface area contributed by atoms with E-state index >= 15 is 0 Å². The van der Waals surface area contributed by atoms with Crippen molar-refractivity contribution in [3.05, 3.63) is 6.20 Å². The van der Waals surface area contributed by atoms with Crippen LogP contribution in [0.3, 0.4) is 0 Å². The normalized spacial score (nSPS) is 23.1. The molecular weight excluding hydrogens is 319 g/mol. The predicted molar refractivity (Wildman–Crippen MR) is 98.6 cm³/mol. The van der Waals surface area contributed by atoms with E-state index in [0.717, 1.165) is 31.6 Å². The van der Waals surface area contributed by atoms with Crippen molar-refractivity contribution in [3.63, 3.8) is 0 Å². The van der Waals surface area contributed by atoms with Crippen LogP contribution >= 0.6 is 0 Å². The summed E-state index contributed by atoms with van der Waals surface area (Å²) in [5.74, 6) is 1.25. The van der Waals surface area contributed by atoms with Crippen molar-refractivity contribution >= 4 is 18.5 Å². The molecule has 0 bridgehead atoms. The highest BCUT2D eigenvalue weighted by atomic mass is 16.7. The summed E-state index contributed by atoms with van der Waals surface area (Å²) < 4.78 is 18.1. The highest BCUT2D eigenvalue weighted by Gasteiger charge is 2.53. The number of hydrogen-bond acceptors (Lipinski definition) is 7. The summed E-state index contributed by atoms with van der Waals surface area (Å²) in [6, 6.07) is 0. The van der Waals surface area contributed by atoms with E-state index in [1.54, 1.807) is 6.20 Å². The minimum atomic E-state index is -0.520. The standard InChI is InChI=1S/C17H29BN4O3/c1-7-23-14-13(18-24-16(2,3)17(4,5)25-18)12-19-15(20-14)22-10-8-21(6)9-11-22/h12H,7-11H2,1-6H3. The van der Waals surface area contributed by atoms with Gasteiger partial charge in [-0.05, 0) is 41.7 Å². The van der Waals surface area contributed by atoms with Gasteiger partial charge in [-0.25, -0.2) is 4.98 Å². The topological polar surface area (TPSA) is 60.0 Å². The van der Waals surface area contributed by atoms with Crippen molar-refractivity contribution in [1.29, 1.82) is 0 Å². The number of rotatable bonds is 4. The third kappa shape index (κ3) is 3.61. The van der Waals surface area contributed by atoms with Crippen LogP contribution in [0, 0.1) is 0 Å². The van der Waals surface area contributed by atoms with Gasteiger partial charge in [0.1, 0.15) is 0 Å². The Hall–Kier alpha value is -1.38. The fraction of sp³-hybridized carbons (Fsp3) is 0.765. The maximum atomic E-state index is 6.13. The van der Waals surface area contributed by atoms with E-state index in [1.807, 2.05) is 34.6 Å². The molecule has 2 aliphatic heterocycles. The fourth-order valence-corrected chi connectivity index (χ4v) is 2.91. The fourth-order valence-electron chi connectivity index (χ4n) is 2.91. The lowest BCUT2D eigenvalue weighted by Crippen LogP contribution is -2.45. The molecule has 7 nitrogen and oxygen atoms in total. The summed E-state index contributed by atoms with van der Waals surface area (Å²) in [7, 11) is 1.61. The molecule has 0 N–H and O–H groups in total. The SMILES string of the molecule is CCOc1nc(N2CCN(C)CC2)ncc1B1OC(C)(C)C(C)(C)O1. The highest BCUT2D eigenvalue weighted by molar-refractivity contribution is 6.63. The lowest BCUT2D eigenvalue weighted by Gasteiger charge is -2.32. The van der Waals surface area contributed by atoms with Gasteiger partial charge in [0, 0.05) is 32.4 Å². The molecule has 0 unspecified atom stereocenters. The number of piperazine rings is 1. The Bertz CT molecular complexity index is 602. The monoisotopic (exact) mass is 348 g/mol. The number of likely N-dealkylation sites (N-methyl/N-ethyl adjacent to an activating group) is 1. The van der Waals surface area contributed by atoms with Crippen LogP contribution in [-0.2, 0) is 9.31 Å². The molecule has 3 heterocycles. The Balaban J connectivity index is 1.85. The molecule has 1 aromatic rings. The summed E-state index contributed by atoms with van der Waals surface area (Å²) in [4.78, 5) is 13.7. The van der Waals surface area contributed by atoms with Gasteiger partial charge in [0.05, 0.1) is 23.3 Å². The van der Waals surface area contributed by atoms with E-state index in [1.165, 1.54) is 0 Å². The first kappa shape index (κ1) is 18.4. The Kier molecular flexibility index (Phi) is 4.96. The molecule has 0 radical (unpaired) electrons. The van der Waals surface area contributed by atoms with Gasteiger partial charge in [-0.2, -0.15) is 4.98 Å². The molecule has 1 aromatic heterocycles. The average molecular weight is 348 g/mol.